The fourth-order valence-electron chi connectivity index (χ4n) is 1.67. The topological polar surface area (TPSA) is 33.7 Å². The fraction of sp³-hybridized carbons (Fsp3) is 1.00. The molecule has 0 spiro atoms. The van der Waals surface area contributed by atoms with Crippen molar-refractivity contribution in [3.8, 4) is 0 Å². The molecule has 0 aromatic rings. The normalized spacial score (nSPS) is 21.6. The second kappa shape index (κ2) is 6.55. The maximum atomic E-state index is 5.58. The van der Waals surface area contributed by atoms with Crippen molar-refractivity contribution < 1.29 is 9.47 Å². The largest absolute Gasteiger partial charge is 0.349 e. The molecule has 0 aromatic carbocycles. The first-order chi connectivity index (χ1) is 7.49. The van der Waals surface area contributed by atoms with Gasteiger partial charge in [0.05, 0.1) is 19.3 Å². The lowest BCUT2D eigenvalue weighted by atomic mass is 10.2. The van der Waals surface area contributed by atoms with Crippen LogP contribution in [-0.2, 0) is 9.47 Å². The number of hydrogen-bond donors (Lipinski definition) is 1. The molecule has 0 amide bonds. The Kier molecular flexibility index (Phi) is 5.69. The number of nitrogens with zero attached hydrogens (tertiary/aromatic N) is 1. The highest BCUT2D eigenvalue weighted by atomic mass is 16.7. The van der Waals surface area contributed by atoms with Crippen LogP contribution in [0.5, 0.6) is 0 Å². The van der Waals surface area contributed by atoms with E-state index in [2.05, 4.69) is 24.3 Å². The lowest BCUT2D eigenvalue weighted by Crippen LogP contribution is -2.48. The molecule has 1 fully saturated rings. The summed E-state index contributed by atoms with van der Waals surface area (Å²) in [5.41, 5.74) is 0. The van der Waals surface area contributed by atoms with Gasteiger partial charge in [0.2, 0.25) is 0 Å². The lowest BCUT2D eigenvalue weighted by Gasteiger charge is -2.35. The molecular weight excluding hydrogens is 204 g/mol. The van der Waals surface area contributed by atoms with Gasteiger partial charge in [-0.15, -0.1) is 0 Å². The van der Waals surface area contributed by atoms with Crippen LogP contribution in [0.25, 0.3) is 0 Å². The van der Waals surface area contributed by atoms with E-state index in [0.717, 1.165) is 26.3 Å². The van der Waals surface area contributed by atoms with Crippen molar-refractivity contribution in [1.29, 1.82) is 0 Å². The van der Waals surface area contributed by atoms with Crippen molar-refractivity contribution in [2.24, 2.45) is 0 Å². The van der Waals surface area contributed by atoms with Gasteiger partial charge in [0.1, 0.15) is 0 Å². The van der Waals surface area contributed by atoms with E-state index in [1.807, 2.05) is 13.8 Å². The van der Waals surface area contributed by atoms with Crippen molar-refractivity contribution in [2.45, 2.75) is 38.5 Å². The van der Waals surface area contributed by atoms with Gasteiger partial charge in [-0.3, -0.25) is 0 Å². The van der Waals surface area contributed by atoms with Gasteiger partial charge in [0.25, 0.3) is 0 Å². The molecule has 1 saturated heterocycles. The predicted octanol–water partition coefficient (Wildman–Crippen LogP) is 1.07. The van der Waals surface area contributed by atoms with Gasteiger partial charge >= 0.3 is 0 Å². The van der Waals surface area contributed by atoms with Crippen LogP contribution in [0.2, 0.25) is 0 Å². The van der Waals surface area contributed by atoms with Gasteiger partial charge in [-0.05, 0) is 53.9 Å². The number of ether oxygens (including phenoxy) is 2. The summed E-state index contributed by atoms with van der Waals surface area (Å²) in [6.45, 7) is 7.62. The summed E-state index contributed by atoms with van der Waals surface area (Å²) < 4.78 is 11.2. The second-order valence-corrected chi connectivity index (χ2v) is 5.18. The Balaban J connectivity index is 1.98. The summed E-state index contributed by atoms with van der Waals surface area (Å²) in [4.78, 5) is 2.22. The first kappa shape index (κ1) is 13.9. The zero-order valence-corrected chi connectivity index (χ0v) is 11.1. The van der Waals surface area contributed by atoms with E-state index in [9.17, 15) is 0 Å². The minimum Gasteiger partial charge on any atom is -0.349 e. The van der Waals surface area contributed by atoms with Gasteiger partial charge in [-0.25, -0.2) is 0 Å². The van der Waals surface area contributed by atoms with E-state index in [0.29, 0.717) is 6.04 Å². The minimum absolute atomic E-state index is 0.354. The average Bonchev–Trinajstić information content (AvgIpc) is 2.19. The van der Waals surface area contributed by atoms with Crippen molar-refractivity contribution in [1.82, 2.24) is 10.2 Å². The van der Waals surface area contributed by atoms with E-state index in [4.69, 9.17) is 9.47 Å². The van der Waals surface area contributed by atoms with Crippen LogP contribution >= 0.6 is 0 Å². The standard InChI is InChI=1S/C12H26N2O2/c1-12(2)15-9-11(10-16-12)13-7-5-6-8-14(3)4/h11,13H,5-10H2,1-4H3. The van der Waals surface area contributed by atoms with Crippen LogP contribution < -0.4 is 5.32 Å². The van der Waals surface area contributed by atoms with Crippen LogP contribution in [0, 0.1) is 0 Å². The smallest absolute Gasteiger partial charge is 0.162 e. The number of rotatable bonds is 6. The van der Waals surface area contributed by atoms with E-state index in [1.54, 1.807) is 0 Å². The average molecular weight is 230 g/mol. The molecule has 1 aliphatic heterocycles. The molecular formula is C12H26N2O2. The van der Waals surface area contributed by atoms with Crippen LogP contribution in [0.3, 0.4) is 0 Å². The van der Waals surface area contributed by atoms with E-state index < -0.39 is 5.79 Å². The van der Waals surface area contributed by atoms with Gasteiger partial charge in [-0.2, -0.15) is 0 Å². The van der Waals surface area contributed by atoms with E-state index in [-0.39, 0.29) is 0 Å². The highest BCUT2D eigenvalue weighted by Gasteiger charge is 2.27. The number of unbranched alkanes of at least 4 members (excludes halogenated alkanes) is 1. The zero-order valence-electron chi connectivity index (χ0n) is 11.1. The summed E-state index contributed by atoms with van der Waals surface area (Å²) in [6, 6.07) is 0.354. The van der Waals surface area contributed by atoms with Crippen molar-refractivity contribution in [2.75, 3.05) is 40.4 Å². The minimum atomic E-state index is -0.400. The first-order valence-corrected chi connectivity index (χ1v) is 6.15. The Morgan fingerprint density at radius 3 is 2.38 bits per heavy atom. The summed E-state index contributed by atoms with van der Waals surface area (Å²) in [7, 11) is 4.22. The zero-order chi connectivity index (χ0) is 12.0. The van der Waals surface area contributed by atoms with Gasteiger partial charge in [0, 0.05) is 0 Å². The molecule has 0 aromatic heterocycles. The van der Waals surface area contributed by atoms with Crippen LogP contribution in [0.1, 0.15) is 26.7 Å². The van der Waals surface area contributed by atoms with E-state index in [1.165, 1.54) is 12.8 Å². The molecule has 0 atom stereocenters. The third-order valence-electron chi connectivity index (χ3n) is 2.73. The van der Waals surface area contributed by atoms with Crippen molar-refractivity contribution >= 4 is 0 Å². The molecule has 0 unspecified atom stereocenters. The molecule has 0 radical (unpaired) electrons. The van der Waals surface area contributed by atoms with Crippen LogP contribution in [0.4, 0.5) is 0 Å². The van der Waals surface area contributed by atoms with Crippen molar-refractivity contribution in [3.05, 3.63) is 0 Å². The highest BCUT2D eigenvalue weighted by Crippen LogP contribution is 2.16. The Labute approximate surface area is 99.3 Å². The predicted molar refractivity (Wildman–Crippen MR) is 65.6 cm³/mol. The molecule has 0 saturated carbocycles. The Morgan fingerprint density at radius 1 is 1.19 bits per heavy atom. The Hall–Kier alpha value is -0.160. The summed E-state index contributed by atoms with van der Waals surface area (Å²) in [6.07, 6.45) is 2.44. The molecule has 16 heavy (non-hydrogen) atoms. The summed E-state index contributed by atoms with van der Waals surface area (Å²) >= 11 is 0. The summed E-state index contributed by atoms with van der Waals surface area (Å²) in [5, 5.41) is 3.46. The fourth-order valence-corrected chi connectivity index (χ4v) is 1.67. The van der Waals surface area contributed by atoms with Crippen LogP contribution in [-0.4, -0.2) is 57.1 Å². The molecule has 4 nitrogen and oxygen atoms in total. The molecule has 1 heterocycles. The maximum Gasteiger partial charge on any atom is 0.162 e. The molecule has 0 aliphatic carbocycles. The van der Waals surface area contributed by atoms with Crippen molar-refractivity contribution in [3.63, 3.8) is 0 Å². The number of nitrogens with one attached hydrogen (secondary N) is 1. The van der Waals surface area contributed by atoms with Gasteiger partial charge < -0.3 is 19.7 Å². The molecule has 1 rings (SSSR count). The van der Waals surface area contributed by atoms with Crippen LogP contribution in [0.15, 0.2) is 0 Å². The SMILES string of the molecule is CN(C)CCCCNC1COC(C)(C)OC1. The Morgan fingerprint density at radius 2 is 1.81 bits per heavy atom. The monoisotopic (exact) mass is 230 g/mol. The highest BCUT2D eigenvalue weighted by molar-refractivity contribution is 4.72. The summed E-state index contributed by atoms with van der Waals surface area (Å²) in [5.74, 6) is -0.400. The third-order valence-corrected chi connectivity index (χ3v) is 2.73. The lowest BCUT2D eigenvalue weighted by molar-refractivity contribution is -0.252. The molecule has 4 heteroatoms. The molecule has 1 aliphatic rings. The first-order valence-electron chi connectivity index (χ1n) is 6.15. The quantitative estimate of drug-likeness (QED) is 0.692. The molecule has 1 N–H and O–H groups in total. The maximum absolute atomic E-state index is 5.58. The number of hydrogen-bond acceptors (Lipinski definition) is 4. The molecule has 96 valence electrons. The van der Waals surface area contributed by atoms with Gasteiger partial charge in [0.15, 0.2) is 5.79 Å². The Bertz CT molecular complexity index is 185. The van der Waals surface area contributed by atoms with Gasteiger partial charge in [-0.1, -0.05) is 0 Å². The van der Waals surface area contributed by atoms with E-state index >= 15 is 0 Å². The molecule has 0 bridgehead atoms. The second-order valence-electron chi connectivity index (χ2n) is 5.18. The third kappa shape index (κ3) is 5.80.